The predicted molar refractivity (Wildman–Crippen MR) is 72.3 cm³/mol. The van der Waals surface area contributed by atoms with Crippen LogP contribution in [0.4, 0.5) is 0 Å². The van der Waals surface area contributed by atoms with Gasteiger partial charge in [-0.25, -0.2) is 0 Å². The van der Waals surface area contributed by atoms with Crippen molar-refractivity contribution in [2.75, 3.05) is 13.1 Å². The number of piperidine rings is 1. The van der Waals surface area contributed by atoms with Crippen LogP contribution in [0.3, 0.4) is 0 Å². The van der Waals surface area contributed by atoms with Crippen molar-refractivity contribution >= 4 is 11.8 Å². The molecule has 3 rings (SSSR count). The van der Waals surface area contributed by atoms with Gasteiger partial charge in [0.05, 0.1) is 11.8 Å². The van der Waals surface area contributed by atoms with Crippen LogP contribution < -0.4 is 5.32 Å². The molecule has 1 N–H and O–H groups in total. The molecule has 1 saturated heterocycles. The molecule has 3 aliphatic rings. The lowest BCUT2D eigenvalue weighted by molar-refractivity contribution is -0.143. The third kappa shape index (κ3) is 2.00. The molecule has 19 heavy (non-hydrogen) atoms. The van der Waals surface area contributed by atoms with Gasteiger partial charge in [-0.3, -0.25) is 14.5 Å². The zero-order valence-corrected chi connectivity index (χ0v) is 12.1. The van der Waals surface area contributed by atoms with Gasteiger partial charge < -0.3 is 5.32 Å². The van der Waals surface area contributed by atoms with Gasteiger partial charge in [0.1, 0.15) is 0 Å². The second kappa shape index (κ2) is 4.30. The van der Waals surface area contributed by atoms with Crippen molar-refractivity contribution in [3.05, 3.63) is 0 Å². The van der Waals surface area contributed by atoms with E-state index in [1.54, 1.807) is 0 Å². The van der Waals surface area contributed by atoms with Crippen molar-refractivity contribution < 1.29 is 9.59 Å². The number of nitrogens with zero attached hydrogens (tertiary/aromatic N) is 1. The summed E-state index contributed by atoms with van der Waals surface area (Å²) >= 11 is 0. The van der Waals surface area contributed by atoms with Crippen LogP contribution >= 0.6 is 0 Å². The highest BCUT2D eigenvalue weighted by Gasteiger charge is 2.72. The summed E-state index contributed by atoms with van der Waals surface area (Å²) in [5, 5.41) is 3.50. The molecule has 0 bridgehead atoms. The molecule has 106 valence electrons. The number of likely N-dealkylation sites (tertiary alicyclic amines) is 1. The molecule has 3 unspecified atom stereocenters. The Labute approximate surface area is 114 Å². The number of fused-ring (bicyclic) bond motifs is 1. The van der Waals surface area contributed by atoms with Crippen molar-refractivity contribution in [1.82, 2.24) is 10.2 Å². The topological polar surface area (TPSA) is 49.4 Å². The Balaban J connectivity index is 1.64. The quantitative estimate of drug-likeness (QED) is 0.738. The van der Waals surface area contributed by atoms with Crippen molar-refractivity contribution in [3.63, 3.8) is 0 Å². The van der Waals surface area contributed by atoms with Gasteiger partial charge in [-0.2, -0.15) is 0 Å². The third-order valence-corrected chi connectivity index (χ3v) is 5.12. The molecule has 0 aromatic heterocycles. The Morgan fingerprint density at radius 1 is 1.26 bits per heavy atom. The molecule has 0 aromatic carbocycles. The van der Waals surface area contributed by atoms with E-state index >= 15 is 0 Å². The number of carbonyl (C=O) groups is 2. The molecule has 1 heterocycles. The molecule has 3 fully saturated rings. The molecule has 4 nitrogen and oxygen atoms in total. The Bertz CT molecular complexity index is 390. The first-order valence-electron chi connectivity index (χ1n) is 7.57. The largest absolute Gasteiger partial charge is 0.312 e. The summed E-state index contributed by atoms with van der Waals surface area (Å²) in [4.78, 5) is 26.1. The van der Waals surface area contributed by atoms with E-state index in [1.165, 1.54) is 17.7 Å². The number of nitrogens with one attached hydrogen (secondary N) is 1. The minimum absolute atomic E-state index is 0.0361. The van der Waals surface area contributed by atoms with Crippen molar-refractivity contribution in [2.24, 2.45) is 23.2 Å². The highest BCUT2D eigenvalue weighted by Crippen LogP contribution is 2.63. The fourth-order valence-corrected chi connectivity index (χ4v) is 3.59. The summed E-state index contributed by atoms with van der Waals surface area (Å²) in [7, 11) is 0. The van der Waals surface area contributed by atoms with E-state index in [9.17, 15) is 9.59 Å². The maximum atomic E-state index is 12.3. The molecule has 1 aliphatic heterocycles. The SMILES string of the molecule is CCCNC(CN1C(=O)C2C(C1=O)C2(C)C)C1CC1. The highest BCUT2D eigenvalue weighted by atomic mass is 16.2. The summed E-state index contributed by atoms with van der Waals surface area (Å²) in [6, 6.07) is 0.313. The van der Waals surface area contributed by atoms with E-state index in [0.717, 1.165) is 13.0 Å². The summed E-state index contributed by atoms with van der Waals surface area (Å²) in [6.07, 6.45) is 3.55. The van der Waals surface area contributed by atoms with E-state index in [-0.39, 0.29) is 29.1 Å². The van der Waals surface area contributed by atoms with Crippen molar-refractivity contribution in [1.29, 1.82) is 0 Å². The lowest BCUT2D eigenvalue weighted by Crippen LogP contribution is -2.47. The maximum absolute atomic E-state index is 12.3. The molecule has 2 saturated carbocycles. The van der Waals surface area contributed by atoms with E-state index in [0.29, 0.717) is 18.5 Å². The van der Waals surface area contributed by atoms with E-state index < -0.39 is 0 Å². The first kappa shape index (κ1) is 13.1. The van der Waals surface area contributed by atoms with E-state index in [1.807, 2.05) is 13.8 Å². The molecule has 2 aliphatic carbocycles. The van der Waals surface area contributed by atoms with Gasteiger partial charge >= 0.3 is 0 Å². The molecule has 0 spiro atoms. The van der Waals surface area contributed by atoms with Gasteiger partial charge in [0, 0.05) is 12.6 Å². The smallest absolute Gasteiger partial charge is 0.233 e. The normalized spacial score (nSPS) is 33.5. The van der Waals surface area contributed by atoms with Crippen LogP contribution in [0, 0.1) is 23.2 Å². The molecule has 0 aromatic rings. The summed E-state index contributed by atoms with van der Waals surface area (Å²) < 4.78 is 0. The van der Waals surface area contributed by atoms with Gasteiger partial charge in [0.15, 0.2) is 0 Å². The average Bonchev–Trinajstić information content (AvgIpc) is 3.22. The number of carbonyl (C=O) groups excluding carboxylic acids is 2. The minimum atomic E-state index is -0.0867. The molecule has 2 amide bonds. The van der Waals surface area contributed by atoms with Gasteiger partial charge in [-0.15, -0.1) is 0 Å². The minimum Gasteiger partial charge on any atom is -0.312 e. The third-order valence-electron chi connectivity index (χ3n) is 5.12. The fraction of sp³-hybridized carbons (Fsp3) is 0.867. The molecular weight excluding hydrogens is 240 g/mol. The molecule has 0 radical (unpaired) electrons. The van der Waals surface area contributed by atoms with Gasteiger partial charge in [0.2, 0.25) is 11.8 Å². The van der Waals surface area contributed by atoms with Crippen LogP contribution in [0.5, 0.6) is 0 Å². The molecule has 3 atom stereocenters. The van der Waals surface area contributed by atoms with Gasteiger partial charge in [0.25, 0.3) is 0 Å². The van der Waals surface area contributed by atoms with E-state index in [2.05, 4.69) is 12.2 Å². The van der Waals surface area contributed by atoms with Crippen LogP contribution in [0.2, 0.25) is 0 Å². The summed E-state index contributed by atoms with van der Waals surface area (Å²) in [5.74, 6) is 0.738. The highest BCUT2D eigenvalue weighted by molar-refractivity contribution is 6.10. The fourth-order valence-electron chi connectivity index (χ4n) is 3.59. The number of rotatable bonds is 6. The maximum Gasteiger partial charge on any atom is 0.233 e. The van der Waals surface area contributed by atoms with Crippen LogP contribution in [-0.2, 0) is 9.59 Å². The zero-order chi connectivity index (χ0) is 13.8. The van der Waals surface area contributed by atoms with Gasteiger partial charge in [-0.05, 0) is 37.1 Å². The van der Waals surface area contributed by atoms with Gasteiger partial charge in [-0.1, -0.05) is 20.8 Å². The average molecular weight is 264 g/mol. The lowest BCUT2D eigenvalue weighted by Gasteiger charge is -2.26. The summed E-state index contributed by atoms with van der Waals surface area (Å²) in [5.41, 5.74) is -0.0867. The Kier molecular flexibility index (Phi) is 2.97. The van der Waals surface area contributed by atoms with Crippen molar-refractivity contribution in [2.45, 2.75) is 46.1 Å². The zero-order valence-electron chi connectivity index (χ0n) is 12.1. The monoisotopic (exact) mass is 264 g/mol. The summed E-state index contributed by atoms with van der Waals surface area (Å²) in [6.45, 7) is 7.76. The predicted octanol–water partition coefficient (Wildman–Crippen LogP) is 1.41. The molecule has 4 heteroatoms. The number of amides is 2. The number of hydrogen-bond donors (Lipinski definition) is 1. The first-order chi connectivity index (χ1) is 8.98. The van der Waals surface area contributed by atoms with Crippen LogP contribution in [0.25, 0.3) is 0 Å². The second-order valence-corrected chi connectivity index (χ2v) is 6.96. The number of imide groups is 1. The van der Waals surface area contributed by atoms with Crippen LogP contribution in [0.15, 0.2) is 0 Å². The standard InChI is InChI=1S/C15H24N2O2/c1-4-7-16-10(9-5-6-9)8-17-13(18)11-12(14(17)19)15(11,2)3/h9-12,16H,4-8H2,1-3H3. The Hall–Kier alpha value is -0.900. The molecular formula is C15H24N2O2. The van der Waals surface area contributed by atoms with E-state index in [4.69, 9.17) is 0 Å². The van der Waals surface area contributed by atoms with Crippen LogP contribution in [0.1, 0.15) is 40.0 Å². The second-order valence-electron chi connectivity index (χ2n) is 6.96. The Morgan fingerprint density at radius 2 is 1.84 bits per heavy atom. The first-order valence-corrected chi connectivity index (χ1v) is 7.57. The number of hydrogen-bond acceptors (Lipinski definition) is 3. The Morgan fingerprint density at radius 3 is 2.32 bits per heavy atom. The lowest BCUT2D eigenvalue weighted by atomic mass is 10.0. The van der Waals surface area contributed by atoms with Crippen LogP contribution in [-0.4, -0.2) is 35.8 Å². The van der Waals surface area contributed by atoms with Crippen molar-refractivity contribution in [3.8, 4) is 0 Å².